The number of hydrogen-bond donors (Lipinski definition) is 1. The van der Waals surface area contributed by atoms with E-state index in [2.05, 4.69) is 55.6 Å². The predicted molar refractivity (Wildman–Crippen MR) is 85.6 cm³/mol. The van der Waals surface area contributed by atoms with Gasteiger partial charge >= 0.3 is 0 Å². The van der Waals surface area contributed by atoms with Crippen LogP contribution >= 0.6 is 0 Å². The zero-order valence-electron chi connectivity index (χ0n) is 12.5. The first-order valence-corrected chi connectivity index (χ1v) is 7.13. The maximum Gasteiger partial charge on any atom is 0.118 e. The van der Waals surface area contributed by atoms with Crippen molar-refractivity contribution in [2.24, 2.45) is 0 Å². The summed E-state index contributed by atoms with van der Waals surface area (Å²) in [7, 11) is 1.70. The second kappa shape index (κ2) is 6.99. The maximum atomic E-state index is 5.17. The minimum Gasteiger partial charge on any atom is -0.497 e. The van der Waals surface area contributed by atoms with Crippen LogP contribution in [0.15, 0.2) is 48.5 Å². The van der Waals surface area contributed by atoms with Gasteiger partial charge in [-0.05, 0) is 62.1 Å². The molecule has 0 saturated heterocycles. The van der Waals surface area contributed by atoms with Gasteiger partial charge in [0, 0.05) is 11.7 Å². The summed E-state index contributed by atoms with van der Waals surface area (Å²) >= 11 is 0. The van der Waals surface area contributed by atoms with Gasteiger partial charge in [0.05, 0.1) is 7.11 Å². The molecule has 2 rings (SSSR count). The molecule has 2 heteroatoms. The van der Waals surface area contributed by atoms with Crippen molar-refractivity contribution in [2.45, 2.75) is 32.7 Å². The van der Waals surface area contributed by atoms with Gasteiger partial charge in [0.2, 0.25) is 0 Å². The summed E-state index contributed by atoms with van der Waals surface area (Å²) in [5.41, 5.74) is 3.84. The lowest BCUT2D eigenvalue weighted by atomic mass is 10.1. The molecule has 1 atom stereocenters. The van der Waals surface area contributed by atoms with Gasteiger partial charge in [0.1, 0.15) is 5.75 Å². The normalized spacial score (nSPS) is 11.9. The van der Waals surface area contributed by atoms with Crippen LogP contribution in [0.4, 0.5) is 5.69 Å². The molecule has 2 nitrogen and oxygen atoms in total. The van der Waals surface area contributed by atoms with Crippen molar-refractivity contribution in [2.75, 3.05) is 12.4 Å². The zero-order valence-corrected chi connectivity index (χ0v) is 12.5. The van der Waals surface area contributed by atoms with Crippen molar-refractivity contribution in [3.8, 4) is 5.75 Å². The highest BCUT2D eigenvalue weighted by molar-refractivity contribution is 5.46. The standard InChI is InChI=1S/C18H23NO/c1-14-5-4-6-17(13-14)19-15(2)7-8-16-9-11-18(20-3)12-10-16/h4-6,9-13,15,19H,7-8H2,1-3H3. The summed E-state index contributed by atoms with van der Waals surface area (Å²) in [5, 5.41) is 3.55. The number of ether oxygens (including phenoxy) is 1. The average Bonchev–Trinajstić information content (AvgIpc) is 2.46. The summed E-state index contributed by atoms with van der Waals surface area (Å²) in [6.45, 7) is 4.35. The van der Waals surface area contributed by atoms with E-state index in [-0.39, 0.29) is 0 Å². The van der Waals surface area contributed by atoms with Gasteiger partial charge in [-0.3, -0.25) is 0 Å². The highest BCUT2D eigenvalue weighted by atomic mass is 16.5. The third-order valence-corrected chi connectivity index (χ3v) is 3.46. The summed E-state index contributed by atoms with van der Waals surface area (Å²) in [4.78, 5) is 0. The summed E-state index contributed by atoms with van der Waals surface area (Å²) in [5.74, 6) is 0.916. The summed E-state index contributed by atoms with van der Waals surface area (Å²) < 4.78 is 5.17. The number of anilines is 1. The Labute approximate surface area is 121 Å². The van der Waals surface area contributed by atoms with Gasteiger partial charge < -0.3 is 10.1 Å². The van der Waals surface area contributed by atoms with E-state index >= 15 is 0 Å². The summed E-state index contributed by atoms with van der Waals surface area (Å²) in [6, 6.07) is 17.3. The van der Waals surface area contributed by atoms with Crippen LogP contribution < -0.4 is 10.1 Å². The Kier molecular flexibility index (Phi) is 5.05. The fourth-order valence-electron chi connectivity index (χ4n) is 2.27. The van der Waals surface area contributed by atoms with E-state index in [4.69, 9.17) is 4.74 Å². The van der Waals surface area contributed by atoms with Crippen LogP contribution in [0.2, 0.25) is 0 Å². The number of aryl methyl sites for hydroxylation is 2. The van der Waals surface area contributed by atoms with Gasteiger partial charge in [-0.2, -0.15) is 0 Å². The molecule has 106 valence electrons. The third-order valence-electron chi connectivity index (χ3n) is 3.46. The van der Waals surface area contributed by atoms with E-state index in [1.807, 2.05) is 12.1 Å². The minimum atomic E-state index is 0.457. The number of methoxy groups -OCH3 is 1. The van der Waals surface area contributed by atoms with Crippen LogP contribution in [-0.4, -0.2) is 13.2 Å². The SMILES string of the molecule is COc1ccc(CCC(C)Nc2cccc(C)c2)cc1. The van der Waals surface area contributed by atoms with Crippen LogP contribution in [0.25, 0.3) is 0 Å². The first-order valence-electron chi connectivity index (χ1n) is 7.13. The molecule has 0 spiro atoms. The van der Waals surface area contributed by atoms with Crippen LogP contribution in [0.1, 0.15) is 24.5 Å². The number of hydrogen-bond acceptors (Lipinski definition) is 2. The molecule has 2 aromatic rings. The highest BCUT2D eigenvalue weighted by Gasteiger charge is 2.03. The second-order valence-corrected chi connectivity index (χ2v) is 5.30. The van der Waals surface area contributed by atoms with Gasteiger partial charge in [0.15, 0.2) is 0 Å². The Bertz CT molecular complexity index is 533. The fraction of sp³-hybridized carbons (Fsp3) is 0.333. The van der Waals surface area contributed by atoms with E-state index in [1.165, 1.54) is 16.8 Å². The van der Waals surface area contributed by atoms with Crippen molar-refractivity contribution >= 4 is 5.69 Å². The molecule has 0 aliphatic carbocycles. The number of rotatable bonds is 6. The molecule has 0 radical (unpaired) electrons. The van der Waals surface area contributed by atoms with Crippen molar-refractivity contribution in [3.63, 3.8) is 0 Å². The van der Waals surface area contributed by atoms with Crippen LogP contribution in [-0.2, 0) is 6.42 Å². The predicted octanol–water partition coefficient (Wildman–Crippen LogP) is 4.44. The number of benzene rings is 2. The van der Waals surface area contributed by atoms with E-state index < -0.39 is 0 Å². The highest BCUT2D eigenvalue weighted by Crippen LogP contribution is 2.15. The van der Waals surface area contributed by atoms with Crippen LogP contribution in [0.5, 0.6) is 5.75 Å². The second-order valence-electron chi connectivity index (χ2n) is 5.30. The minimum absolute atomic E-state index is 0.457. The van der Waals surface area contributed by atoms with Crippen molar-refractivity contribution < 1.29 is 4.74 Å². The van der Waals surface area contributed by atoms with Gasteiger partial charge in [-0.15, -0.1) is 0 Å². The quantitative estimate of drug-likeness (QED) is 0.837. The Hall–Kier alpha value is -1.96. The Morgan fingerprint density at radius 2 is 1.85 bits per heavy atom. The van der Waals surface area contributed by atoms with Crippen molar-refractivity contribution in [1.29, 1.82) is 0 Å². The number of nitrogens with one attached hydrogen (secondary N) is 1. The Morgan fingerprint density at radius 3 is 2.50 bits per heavy atom. The lowest BCUT2D eigenvalue weighted by Crippen LogP contribution is -2.15. The first kappa shape index (κ1) is 14.4. The monoisotopic (exact) mass is 269 g/mol. The molecule has 1 unspecified atom stereocenters. The molecule has 0 bridgehead atoms. The molecule has 1 N–H and O–H groups in total. The lowest BCUT2D eigenvalue weighted by Gasteiger charge is -2.15. The summed E-state index contributed by atoms with van der Waals surface area (Å²) in [6.07, 6.45) is 2.18. The topological polar surface area (TPSA) is 21.3 Å². The Balaban J connectivity index is 1.83. The smallest absolute Gasteiger partial charge is 0.118 e. The molecule has 2 aromatic carbocycles. The molecule has 0 aliphatic rings. The lowest BCUT2D eigenvalue weighted by molar-refractivity contribution is 0.414. The maximum absolute atomic E-state index is 5.17. The van der Waals surface area contributed by atoms with E-state index in [0.717, 1.165) is 18.6 Å². The van der Waals surface area contributed by atoms with Gasteiger partial charge in [-0.25, -0.2) is 0 Å². The fourth-order valence-corrected chi connectivity index (χ4v) is 2.27. The van der Waals surface area contributed by atoms with Gasteiger partial charge in [0.25, 0.3) is 0 Å². The Morgan fingerprint density at radius 1 is 1.10 bits per heavy atom. The van der Waals surface area contributed by atoms with Crippen molar-refractivity contribution in [3.05, 3.63) is 59.7 Å². The molecule has 0 aromatic heterocycles. The van der Waals surface area contributed by atoms with Crippen LogP contribution in [0.3, 0.4) is 0 Å². The van der Waals surface area contributed by atoms with E-state index in [1.54, 1.807) is 7.11 Å². The molecule has 0 fully saturated rings. The zero-order chi connectivity index (χ0) is 14.4. The molecule has 0 amide bonds. The third kappa shape index (κ3) is 4.30. The largest absolute Gasteiger partial charge is 0.497 e. The first-order chi connectivity index (χ1) is 9.67. The van der Waals surface area contributed by atoms with Crippen molar-refractivity contribution in [1.82, 2.24) is 0 Å². The van der Waals surface area contributed by atoms with E-state index in [9.17, 15) is 0 Å². The average molecular weight is 269 g/mol. The molecule has 0 heterocycles. The molecular weight excluding hydrogens is 246 g/mol. The molecule has 0 aliphatic heterocycles. The molecule has 0 saturated carbocycles. The molecule has 20 heavy (non-hydrogen) atoms. The van der Waals surface area contributed by atoms with Crippen LogP contribution in [0, 0.1) is 6.92 Å². The van der Waals surface area contributed by atoms with Gasteiger partial charge in [-0.1, -0.05) is 24.3 Å². The molecular formula is C18H23NO. The van der Waals surface area contributed by atoms with E-state index in [0.29, 0.717) is 6.04 Å².